The predicted octanol–water partition coefficient (Wildman–Crippen LogP) is 3.47. The van der Waals surface area contributed by atoms with Crippen LogP contribution in [0.5, 0.6) is 5.75 Å². The molecular weight excluding hydrogens is 248 g/mol. The largest absolute Gasteiger partial charge is 0.489 e. The molecule has 0 spiro atoms. The Bertz CT molecular complexity index is 642. The molecule has 0 aromatic heterocycles. The molecular formula is C17H18N2O. The van der Waals surface area contributed by atoms with Gasteiger partial charge in [0.15, 0.2) is 0 Å². The van der Waals surface area contributed by atoms with Gasteiger partial charge in [-0.15, -0.1) is 0 Å². The topological polar surface area (TPSA) is 59.0 Å². The highest BCUT2D eigenvalue weighted by Crippen LogP contribution is 2.26. The summed E-state index contributed by atoms with van der Waals surface area (Å²) in [5.74, 6) is 0.785. The van der Waals surface area contributed by atoms with Crippen molar-refractivity contribution in [2.24, 2.45) is 5.73 Å². The van der Waals surface area contributed by atoms with Crippen LogP contribution in [-0.4, -0.2) is 0 Å². The van der Waals surface area contributed by atoms with Gasteiger partial charge >= 0.3 is 0 Å². The van der Waals surface area contributed by atoms with E-state index in [-0.39, 0.29) is 6.04 Å². The molecule has 3 heteroatoms. The molecule has 102 valence electrons. The summed E-state index contributed by atoms with van der Waals surface area (Å²) < 4.78 is 5.88. The molecule has 2 aromatic rings. The van der Waals surface area contributed by atoms with Crippen LogP contribution in [0.1, 0.15) is 35.2 Å². The maximum Gasteiger partial charge on any atom is 0.124 e. The van der Waals surface area contributed by atoms with E-state index in [9.17, 15) is 0 Å². The predicted molar refractivity (Wildman–Crippen MR) is 79.3 cm³/mol. The van der Waals surface area contributed by atoms with E-state index < -0.39 is 0 Å². The summed E-state index contributed by atoms with van der Waals surface area (Å²) in [6, 6.07) is 15.5. The lowest BCUT2D eigenvalue weighted by Gasteiger charge is -2.15. The molecule has 20 heavy (non-hydrogen) atoms. The standard InChI is InChI=1S/C17H18N2O/c1-12-7-8-16(13(2)19)17(9-12)20-11-15-6-4-3-5-14(15)10-18/h3-9,13H,11,19H2,1-2H3. The van der Waals surface area contributed by atoms with Crippen molar-refractivity contribution in [3.05, 3.63) is 64.7 Å². The quantitative estimate of drug-likeness (QED) is 0.921. The van der Waals surface area contributed by atoms with E-state index in [1.54, 1.807) is 6.07 Å². The molecule has 2 rings (SSSR count). The van der Waals surface area contributed by atoms with Gasteiger partial charge in [-0.3, -0.25) is 0 Å². The highest BCUT2D eigenvalue weighted by molar-refractivity contribution is 5.40. The highest BCUT2D eigenvalue weighted by Gasteiger charge is 2.09. The molecule has 0 fully saturated rings. The second kappa shape index (κ2) is 6.23. The van der Waals surface area contributed by atoms with Crippen molar-refractivity contribution < 1.29 is 4.74 Å². The number of nitrogens with two attached hydrogens (primary N) is 1. The molecule has 0 amide bonds. The van der Waals surface area contributed by atoms with Gasteiger partial charge in [0.25, 0.3) is 0 Å². The Kier molecular flexibility index (Phi) is 4.39. The third kappa shape index (κ3) is 3.17. The van der Waals surface area contributed by atoms with Crippen LogP contribution in [0.3, 0.4) is 0 Å². The number of benzene rings is 2. The molecule has 0 saturated carbocycles. The van der Waals surface area contributed by atoms with E-state index in [1.165, 1.54) is 0 Å². The van der Waals surface area contributed by atoms with Crippen molar-refractivity contribution in [1.29, 1.82) is 5.26 Å². The van der Waals surface area contributed by atoms with Gasteiger partial charge in [-0.1, -0.05) is 30.3 Å². The minimum absolute atomic E-state index is 0.0863. The van der Waals surface area contributed by atoms with Crippen LogP contribution in [0.15, 0.2) is 42.5 Å². The maximum absolute atomic E-state index is 9.08. The lowest BCUT2D eigenvalue weighted by Crippen LogP contribution is -2.08. The van der Waals surface area contributed by atoms with Crippen molar-refractivity contribution in [3.63, 3.8) is 0 Å². The molecule has 1 unspecified atom stereocenters. The van der Waals surface area contributed by atoms with Gasteiger partial charge in [0.2, 0.25) is 0 Å². The minimum Gasteiger partial charge on any atom is -0.489 e. The number of hydrogen-bond acceptors (Lipinski definition) is 3. The lowest BCUT2D eigenvalue weighted by molar-refractivity contribution is 0.301. The van der Waals surface area contributed by atoms with Gasteiger partial charge in [-0.25, -0.2) is 0 Å². The minimum atomic E-state index is -0.0863. The zero-order valence-electron chi connectivity index (χ0n) is 11.8. The Balaban J connectivity index is 2.23. The first-order chi connectivity index (χ1) is 9.61. The molecule has 2 aromatic carbocycles. The van der Waals surface area contributed by atoms with Crippen LogP contribution in [0, 0.1) is 18.3 Å². The average Bonchev–Trinajstić information content (AvgIpc) is 2.45. The van der Waals surface area contributed by atoms with E-state index in [2.05, 4.69) is 6.07 Å². The fourth-order valence-corrected chi connectivity index (χ4v) is 2.05. The third-order valence-corrected chi connectivity index (χ3v) is 3.18. The van der Waals surface area contributed by atoms with Crippen molar-refractivity contribution in [2.45, 2.75) is 26.5 Å². The SMILES string of the molecule is Cc1ccc(C(C)N)c(OCc2ccccc2C#N)c1. The van der Waals surface area contributed by atoms with Crippen LogP contribution in [0.2, 0.25) is 0 Å². The number of hydrogen-bond donors (Lipinski definition) is 1. The number of nitrogens with zero attached hydrogens (tertiary/aromatic N) is 1. The summed E-state index contributed by atoms with van der Waals surface area (Å²) in [7, 11) is 0. The van der Waals surface area contributed by atoms with E-state index in [0.29, 0.717) is 12.2 Å². The lowest BCUT2D eigenvalue weighted by atomic mass is 10.1. The van der Waals surface area contributed by atoms with Crippen molar-refractivity contribution >= 4 is 0 Å². The summed E-state index contributed by atoms with van der Waals surface area (Å²) in [5, 5.41) is 9.08. The molecule has 0 radical (unpaired) electrons. The molecule has 0 aliphatic carbocycles. The molecule has 0 saturated heterocycles. The first kappa shape index (κ1) is 14.1. The molecule has 3 nitrogen and oxygen atoms in total. The fourth-order valence-electron chi connectivity index (χ4n) is 2.05. The van der Waals surface area contributed by atoms with Crippen LogP contribution >= 0.6 is 0 Å². The Labute approximate surface area is 119 Å². The van der Waals surface area contributed by atoms with Gasteiger partial charge in [0.1, 0.15) is 12.4 Å². The number of rotatable bonds is 4. The zero-order chi connectivity index (χ0) is 14.5. The summed E-state index contributed by atoms with van der Waals surface area (Å²) in [4.78, 5) is 0. The average molecular weight is 266 g/mol. The highest BCUT2D eigenvalue weighted by atomic mass is 16.5. The smallest absolute Gasteiger partial charge is 0.124 e. The normalized spacial score (nSPS) is 11.7. The second-order valence-corrected chi connectivity index (χ2v) is 4.89. The van der Waals surface area contributed by atoms with Crippen LogP contribution in [0.4, 0.5) is 0 Å². The monoisotopic (exact) mass is 266 g/mol. The van der Waals surface area contributed by atoms with E-state index in [0.717, 1.165) is 22.4 Å². The molecule has 2 N–H and O–H groups in total. The van der Waals surface area contributed by atoms with Gasteiger partial charge in [-0.05, 0) is 31.5 Å². The van der Waals surface area contributed by atoms with E-state index >= 15 is 0 Å². The van der Waals surface area contributed by atoms with Gasteiger partial charge < -0.3 is 10.5 Å². The Morgan fingerprint density at radius 3 is 2.70 bits per heavy atom. The first-order valence-corrected chi connectivity index (χ1v) is 6.58. The zero-order valence-corrected chi connectivity index (χ0v) is 11.8. The summed E-state index contributed by atoms with van der Waals surface area (Å²) in [6.07, 6.45) is 0. The maximum atomic E-state index is 9.08. The van der Waals surface area contributed by atoms with E-state index in [1.807, 2.05) is 50.2 Å². The molecule has 0 heterocycles. The Morgan fingerprint density at radius 1 is 1.25 bits per heavy atom. The Morgan fingerprint density at radius 2 is 2.00 bits per heavy atom. The number of aryl methyl sites for hydroxylation is 1. The van der Waals surface area contributed by atoms with E-state index in [4.69, 9.17) is 15.7 Å². The number of nitriles is 1. The van der Waals surface area contributed by atoms with Crippen molar-refractivity contribution in [3.8, 4) is 11.8 Å². The van der Waals surface area contributed by atoms with Gasteiger partial charge in [0, 0.05) is 17.2 Å². The first-order valence-electron chi connectivity index (χ1n) is 6.58. The molecule has 0 aliphatic heterocycles. The second-order valence-electron chi connectivity index (χ2n) is 4.89. The van der Waals surface area contributed by atoms with Crippen molar-refractivity contribution in [2.75, 3.05) is 0 Å². The molecule has 1 atom stereocenters. The van der Waals surface area contributed by atoms with Crippen LogP contribution < -0.4 is 10.5 Å². The van der Waals surface area contributed by atoms with Crippen LogP contribution in [-0.2, 0) is 6.61 Å². The fraction of sp³-hybridized carbons (Fsp3) is 0.235. The summed E-state index contributed by atoms with van der Waals surface area (Å²) >= 11 is 0. The Hall–Kier alpha value is -2.31. The van der Waals surface area contributed by atoms with Gasteiger partial charge in [0.05, 0.1) is 11.6 Å². The van der Waals surface area contributed by atoms with Crippen molar-refractivity contribution in [1.82, 2.24) is 0 Å². The van der Waals surface area contributed by atoms with Gasteiger partial charge in [-0.2, -0.15) is 5.26 Å². The molecule has 0 bridgehead atoms. The summed E-state index contributed by atoms with van der Waals surface area (Å²) in [5.41, 5.74) is 9.58. The summed E-state index contributed by atoms with van der Waals surface area (Å²) in [6.45, 7) is 4.31. The number of ether oxygens (including phenoxy) is 1. The van der Waals surface area contributed by atoms with Crippen LogP contribution in [0.25, 0.3) is 0 Å². The molecule has 0 aliphatic rings. The third-order valence-electron chi connectivity index (χ3n) is 3.18.